The van der Waals surface area contributed by atoms with E-state index in [9.17, 15) is 9.59 Å². The van der Waals surface area contributed by atoms with Crippen LogP contribution in [-0.4, -0.2) is 37.9 Å². The summed E-state index contributed by atoms with van der Waals surface area (Å²) in [6, 6.07) is 0. The summed E-state index contributed by atoms with van der Waals surface area (Å²) in [6.45, 7) is 7.63. The first-order valence-electron chi connectivity index (χ1n) is 27.1. The number of carbonyl (C=O) groups excluding carboxylic acids is 2. The molecule has 0 aromatic carbocycles. The maximum absolute atomic E-state index is 12.8. The van der Waals surface area contributed by atoms with Crippen molar-refractivity contribution < 1.29 is 23.8 Å². The third-order valence-corrected chi connectivity index (χ3v) is 11.4. The van der Waals surface area contributed by atoms with Gasteiger partial charge in [0.1, 0.15) is 6.61 Å². The van der Waals surface area contributed by atoms with Crippen molar-refractivity contribution in [3.63, 3.8) is 0 Å². The van der Waals surface area contributed by atoms with Gasteiger partial charge in [-0.3, -0.25) is 9.59 Å². The molecule has 0 saturated carbocycles. The summed E-state index contributed by atoms with van der Waals surface area (Å²) in [5, 5.41) is 0. The van der Waals surface area contributed by atoms with Crippen LogP contribution in [0.1, 0.15) is 252 Å². The molecule has 5 nitrogen and oxygen atoms in total. The maximum atomic E-state index is 12.8. The van der Waals surface area contributed by atoms with E-state index in [0.717, 1.165) is 89.9 Å². The second-order valence-electron chi connectivity index (χ2n) is 17.7. The second kappa shape index (κ2) is 54.4. The number of hydrogen-bond acceptors (Lipinski definition) is 5. The standard InChI is InChI=1S/C59H102O5/c1-4-7-10-13-16-19-22-25-27-29-30-32-33-35-37-40-43-46-49-52-58(60)63-56-57(55-62-54-51-48-45-42-39-24-21-18-15-12-9-6-3)64-59(61)53-50-47-44-41-38-36-34-31-28-26-23-20-17-14-11-8-5-2/h7,10,15-20,25-28,30,32,57H,4-6,8-9,11-14,21-24,29,31,33-56H2,1-3H3/b10-7-,18-15-,19-16-,20-17-,27-25-,28-26-,32-30-. The fourth-order valence-corrected chi connectivity index (χ4v) is 7.34. The smallest absolute Gasteiger partial charge is 0.306 e. The fourth-order valence-electron chi connectivity index (χ4n) is 7.34. The minimum atomic E-state index is -0.553. The highest BCUT2D eigenvalue weighted by atomic mass is 16.6. The van der Waals surface area contributed by atoms with E-state index < -0.39 is 6.10 Å². The van der Waals surface area contributed by atoms with Gasteiger partial charge in [-0.05, 0) is 109 Å². The van der Waals surface area contributed by atoms with E-state index in [-0.39, 0.29) is 25.2 Å². The van der Waals surface area contributed by atoms with Gasteiger partial charge in [0.15, 0.2) is 6.10 Å². The Hall–Kier alpha value is -2.92. The van der Waals surface area contributed by atoms with Crippen molar-refractivity contribution in [2.24, 2.45) is 0 Å². The van der Waals surface area contributed by atoms with Crippen LogP contribution in [0.3, 0.4) is 0 Å². The number of carbonyl (C=O) groups is 2. The molecule has 0 aromatic heterocycles. The topological polar surface area (TPSA) is 61.8 Å². The number of unbranched alkanes of at least 4 members (excludes halogenated alkanes) is 24. The molecule has 0 N–H and O–H groups in total. The third kappa shape index (κ3) is 51.7. The molecule has 0 aliphatic rings. The lowest BCUT2D eigenvalue weighted by Gasteiger charge is -2.18. The molecule has 0 radical (unpaired) electrons. The van der Waals surface area contributed by atoms with Crippen LogP contribution in [0.25, 0.3) is 0 Å². The lowest BCUT2D eigenvalue weighted by molar-refractivity contribution is -0.163. The average molecular weight is 891 g/mol. The summed E-state index contributed by atoms with van der Waals surface area (Å²) in [5.41, 5.74) is 0. The summed E-state index contributed by atoms with van der Waals surface area (Å²) >= 11 is 0. The van der Waals surface area contributed by atoms with Gasteiger partial charge in [-0.1, -0.05) is 215 Å². The van der Waals surface area contributed by atoms with E-state index in [1.54, 1.807) is 0 Å². The summed E-state index contributed by atoms with van der Waals surface area (Å²) < 4.78 is 17.4. The van der Waals surface area contributed by atoms with Crippen molar-refractivity contribution in [1.29, 1.82) is 0 Å². The van der Waals surface area contributed by atoms with Gasteiger partial charge in [0.25, 0.3) is 0 Å². The van der Waals surface area contributed by atoms with Crippen molar-refractivity contribution in [2.75, 3.05) is 19.8 Å². The summed E-state index contributed by atoms with van der Waals surface area (Å²) in [5.74, 6) is -0.424. The zero-order valence-electron chi connectivity index (χ0n) is 42.3. The minimum Gasteiger partial charge on any atom is -0.462 e. The minimum absolute atomic E-state index is 0.0691. The van der Waals surface area contributed by atoms with Gasteiger partial charge in [-0.15, -0.1) is 0 Å². The molecule has 368 valence electrons. The van der Waals surface area contributed by atoms with Crippen molar-refractivity contribution in [2.45, 2.75) is 258 Å². The zero-order chi connectivity index (χ0) is 46.3. The first-order valence-corrected chi connectivity index (χ1v) is 27.1. The Labute approximate surface area is 397 Å². The van der Waals surface area contributed by atoms with Crippen LogP contribution in [0.4, 0.5) is 0 Å². The van der Waals surface area contributed by atoms with Crippen LogP contribution in [-0.2, 0) is 23.8 Å². The van der Waals surface area contributed by atoms with Gasteiger partial charge < -0.3 is 14.2 Å². The van der Waals surface area contributed by atoms with Crippen LogP contribution < -0.4 is 0 Å². The third-order valence-electron chi connectivity index (χ3n) is 11.4. The average Bonchev–Trinajstić information content (AvgIpc) is 3.30. The van der Waals surface area contributed by atoms with Crippen molar-refractivity contribution in [3.05, 3.63) is 85.1 Å². The van der Waals surface area contributed by atoms with E-state index in [0.29, 0.717) is 19.4 Å². The summed E-state index contributed by atoms with van der Waals surface area (Å²) in [6.07, 6.45) is 71.6. The number of ether oxygens (including phenoxy) is 3. The molecule has 0 bridgehead atoms. The Bertz CT molecular complexity index is 1190. The van der Waals surface area contributed by atoms with Crippen molar-refractivity contribution >= 4 is 11.9 Å². The van der Waals surface area contributed by atoms with Gasteiger partial charge in [-0.25, -0.2) is 0 Å². The van der Waals surface area contributed by atoms with Gasteiger partial charge in [-0.2, -0.15) is 0 Å². The Kier molecular flexibility index (Phi) is 51.9. The van der Waals surface area contributed by atoms with Gasteiger partial charge in [0, 0.05) is 19.4 Å². The highest BCUT2D eigenvalue weighted by Crippen LogP contribution is 2.14. The molecule has 0 rings (SSSR count). The second-order valence-corrected chi connectivity index (χ2v) is 17.7. The number of hydrogen-bond donors (Lipinski definition) is 0. The van der Waals surface area contributed by atoms with Crippen LogP contribution in [0, 0.1) is 0 Å². The highest BCUT2D eigenvalue weighted by molar-refractivity contribution is 5.70. The molecule has 0 spiro atoms. The van der Waals surface area contributed by atoms with Gasteiger partial charge in [0.2, 0.25) is 0 Å². The summed E-state index contributed by atoms with van der Waals surface area (Å²) in [7, 11) is 0. The molecule has 0 aliphatic carbocycles. The Morgan fingerprint density at radius 2 is 0.719 bits per heavy atom. The molecular formula is C59H102O5. The summed E-state index contributed by atoms with van der Waals surface area (Å²) in [4.78, 5) is 25.5. The van der Waals surface area contributed by atoms with Gasteiger partial charge >= 0.3 is 11.9 Å². The van der Waals surface area contributed by atoms with E-state index in [1.807, 2.05) is 0 Å². The molecule has 0 saturated heterocycles. The SMILES string of the molecule is CC/C=C\C/C=C\C/C=C\C/C=C\CCCCCCCCC(=O)OCC(COCCCCCCCC/C=C\CCCC)OC(=O)CCCCCCCCC/C=C\C/C=C\CCCCC. The van der Waals surface area contributed by atoms with Crippen LogP contribution in [0.5, 0.6) is 0 Å². The van der Waals surface area contributed by atoms with Crippen LogP contribution in [0.2, 0.25) is 0 Å². The fraction of sp³-hybridized carbons (Fsp3) is 0.729. The van der Waals surface area contributed by atoms with E-state index in [1.165, 1.54) is 128 Å². The number of rotatable bonds is 49. The lowest BCUT2D eigenvalue weighted by atomic mass is 10.1. The lowest BCUT2D eigenvalue weighted by Crippen LogP contribution is -2.30. The first kappa shape index (κ1) is 61.1. The van der Waals surface area contributed by atoms with Crippen molar-refractivity contribution in [1.82, 2.24) is 0 Å². The Morgan fingerprint density at radius 1 is 0.359 bits per heavy atom. The van der Waals surface area contributed by atoms with E-state index in [4.69, 9.17) is 14.2 Å². The van der Waals surface area contributed by atoms with Crippen molar-refractivity contribution in [3.8, 4) is 0 Å². The predicted molar refractivity (Wildman–Crippen MR) is 279 cm³/mol. The number of allylic oxidation sites excluding steroid dienone is 14. The molecule has 64 heavy (non-hydrogen) atoms. The largest absolute Gasteiger partial charge is 0.462 e. The molecule has 0 amide bonds. The van der Waals surface area contributed by atoms with Crippen LogP contribution in [0.15, 0.2) is 85.1 Å². The number of esters is 2. The molecule has 0 aliphatic heterocycles. The molecule has 1 atom stereocenters. The normalized spacial score (nSPS) is 12.9. The molecule has 1 unspecified atom stereocenters. The van der Waals surface area contributed by atoms with E-state index in [2.05, 4.69) is 106 Å². The maximum Gasteiger partial charge on any atom is 0.306 e. The zero-order valence-corrected chi connectivity index (χ0v) is 42.3. The monoisotopic (exact) mass is 891 g/mol. The molecule has 5 heteroatoms. The Balaban J connectivity index is 4.29. The molecular weight excluding hydrogens is 789 g/mol. The quantitative estimate of drug-likeness (QED) is 0.0346. The molecule has 0 fully saturated rings. The van der Waals surface area contributed by atoms with Gasteiger partial charge in [0.05, 0.1) is 6.61 Å². The highest BCUT2D eigenvalue weighted by Gasteiger charge is 2.17. The predicted octanol–water partition coefficient (Wildman–Crippen LogP) is 18.5. The Morgan fingerprint density at radius 3 is 1.19 bits per heavy atom. The molecule has 0 heterocycles. The molecule has 0 aromatic rings. The van der Waals surface area contributed by atoms with Crippen LogP contribution >= 0.6 is 0 Å². The van der Waals surface area contributed by atoms with E-state index >= 15 is 0 Å². The first-order chi connectivity index (χ1) is 31.6.